The molecule has 5 nitrogen and oxygen atoms in total. The number of hydrogen-bond acceptors (Lipinski definition) is 2. The van der Waals surface area contributed by atoms with Crippen molar-refractivity contribution >= 4 is 44.6 Å². The van der Waals surface area contributed by atoms with Crippen LogP contribution < -0.4 is 13.7 Å². The molecule has 0 spiro atoms. The maximum atomic E-state index is 7.14. The second kappa shape index (κ2) is 16.4. The molecule has 3 aliphatic heterocycles. The fraction of sp³-hybridized carbons (Fsp3) is 0.333. The fourth-order valence-corrected chi connectivity index (χ4v) is 10.5. The minimum Gasteiger partial charge on any atom is -0.509 e. The summed E-state index contributed by atoms with van der Waals surface area (Å²) in [5.74, 6) is 2.23. The number of benzene rings is 6. The average Bonchev–Trinajstić information content (AvgIpc) is 3.86. The molecule has 11 rings (SSSR count). The van der Waals surface area contributed by atoms with Crippen molar-refractivity contribution in [2.24, 2.45) is 0 Å². The van der Waals surface area contributed by atoms with Gasteiger partial charge in [-0.1, -0.05) is 175 Å². The van der Waals surface area contributed by atoms with Gasteiger partial charge in [-0.05, 0) is 79.1 Å². The summed E-state index contributed by atoms with van der Waals surface area (Å²) in [6.07, 6.45) is 1.92. The topological polar surface area (TPSA) is 27.1 Å². The van der Waals surface area contributed by atoms with Crippen LogP contribution in [0.3, 0.4) is 0 Å². The minimum absolute atomic E-state index is 0. The molecule has 2 aromatic heterocycles. The number of fused-ring (bicyclic) bond motifs is 3. The largest absolute Gasteiger partial charge is 0.509 e. The van der Waals surface area contributed by atoms with Gasteiger partial charge in [-0.2, -0.15) is 12.1 Å². The molecule has 2 bridgehead atoms. The van der Waals surface area contributed by atoms with E-state index in [2.05, 4.69) is 249 Å². The quantitative estimate of drug-likeness (QED) is 0.123. The Balaban J connectivity index is 0.00000593. The first-order valence-corrected chi connectivity index (χ1v) is 24.5. The van der Waals surface area contributed by atoms with Gasteiger partial charge in [-0.3, -0.25) is 4.48 Å². The van der Waals surface area contributed by atoms with Gasteiger partial charge in [0.2, 0.25) is 0 Å². The van der Waals surface area contributed by atoms with Gasteiger partial charge in [0, 0.05) is 73.7 Å². The SMILES string of the molecule is CC(C)(C)c1cccc(-c2cccc3c2[N@@+]2(c4cc(C(C)(C)C)cc(C(C)(C)C)c4)[CH-][N@+]3(c3[c-]c(Oc4[c-]c5c(cc4)c4ccccc4n5-c4cc(C(C)(C)C)ccn4)c(C(C)(C)C)cc3)C2)c1.[Pt]. The van der Waals surface area contributed by atoms with Crippen LogP contribution >= 0.6 is 0 Å². The molecule has 2 atom stereocenters. The molecule has 8 aromatic rings. The molecule has 0 saturated carbocycles. The van der Waals surface area contributed by atoms with Crippen molar-refractivity contribution in [1.29, 1.82) is 0 Å². The Morgan fingerprint density at radius 2 is 1.20 bits per heavy atom. The van der Waals surface area contributed by atoms with Gasteiger partial charge in [0.1, 0.15) is 11.5 Å². The summed E-state index contributed by atoms with van der Waals surface area (Å²) in [6, 6.07) is 53.0. The second-order valence-corrected chi connectivity index (χ2v) is 24.8. The van der Waals surface area contributed by atoms with Gasteiger partial charge in [0.25, 0.3) is 0 Å². The van der Waals surface area contributed by atoms with Crippen LogP contribution in [0.1, 0.15) is 132 Å². The van der Waals surface area contributed by atoms with E-state index in [1.165, 1.54) is 50.4 Å². The number of hydrogen-bond donors (Lipinski definition) is 0. The summed E-state index contributed by atoms with van der Waals surface area (Å²) in [7, 11) is 0. The van der Waals surface area contributed by atoms with Crippen LogP contribution in [0.2, 0.25) is 0 Å². The van der Waals surface area contributed by atoms with Crippen molar-refractivity contribution in [3.8, 4) is 28.4 Å². The molecule has 3 aliphatic rings. The Kier molecular flexibility index (Phi) is 11.6. The third-order valence-corrected chi connectivity index (χ3v) is 14.6. The summed E-state index contributed by atoms with van der Waals surface area (Å²) in [5.41, 5.74) is 15.6. The Morgan fingerprint density at radius 1 is 0.565 bits per heavy atom. The van der Waals surface area contributed by atoms with Crippen LogP contribution in [0, 0.1) is 18.8 Å². The number of nitrogens with zero attached hydrogens (tertiary/aromatic N) is 4. The van der Waals surface area contributed by atoms with Crippen molar-refractivity contribution < 1.29 is 25.8 Å². The summed E-state index contributed by atoms with van der Waals surface area (Å²) in [4.78, 5) is 4.93. The Bertz CT molecular complexity index is 3260. The first-order valence-electron chi connectivity index (χ1n) is 24.5. The molecule has 6 aromatic carbocycles. The van der Waals surface area contributed by atoms with Crippen molar-refractivity contribution in [2.45, 2.75) is 131 Å². The number of pyridine rings is 1. The predicted molar refractivity (Wildman–Crippen MR) is 287 cm³/mol. The fourth-order valence-electron chi connectivity index (χ4n) is 10.5. The molecule has 69 heavy (non-hydrogen) atoms. The van der Waals surface area contributed by atoms with Crippen LogP contribution in [-0.2, 0) is 48.1 Å². The molecule has 358 valence electrons. The number of ether oxygens (including phenoxy) is 1. The van der Waals surface area contributed by atoms with E-state index in [0.29, 0.717) is 14.7 Å². The van der Waals surface area contributed by atoms with Crippen LogP contribution in [0.4, 0.5) is 22.7 Å². The molecule has 0 N–H and O–H groups in total. The van der Waals surface area contributed by atoms with Crippen LogP contribution in [0.25, 0.3) is 38.8 Å². The van der Waals surface area contributed by atoms with Gasteiger partial charge in [0.15, 0.2) is 18.0 Å². The standard InChI is InChI=1S/C63H69N4O.Pt/c1-59(2,3)42-21-18-20-41(32-42)49-23-19-25-55-58(49)67(47-34-44(61(7,8)9)33-45(35-47)62(10,11)12)39-66(55,40-67)46-26-29-52(63(13,14)15)56(37-46)68-48-27-28-51-50-22-16-17-24-53(50)65(54(51)38-48)57-36-43(30-31-64-57)60(4,5)6;/h16-36,39H,40H2,1-15H3;/q-1;/t66-,67+;/m1./s1. The van der Waals surface area contributed by atoms with E-state index < -0.39 is 0 Å². The van der Waals surface area contributed by atoms with E-state index >= 15 is 0 Å². The molecule has 0 aliphatic carbocycles. The van der Waals surface area contributed by atoms with Crippen molar-refractivity contribution in [3.05, 3.63) is 174 Å². The molecule has 1 fully saturated rings. The van der Waals surface area contributed by atoms with Gasteiger partial charge in [-0.25, -0.2) is 4.98 Å². The van der Waals surface area contributed by atoms with E-state index in [1.54, 1.807) is 0 Å². The van der Waals surface area contributed by atoms with Crippen LogP contribution in [-0.4, -0.2) is 16.2 Å². The summed E-state index contributed by atoms with van der Waals surface area (Å²) in [5, 5.41) is 2.26. The van der Waals surface area contributed by atoms with Gasteiger partial charge < -0.3 is 13.8 Å². The number of rotatable bonds is 6. The van der Waals surface area contributed by atoms with E-state index in [0.717, 1.165) is 51.3 Å². The van der Waals surface area contributed by atoms with Crippen molar-refractivity contribution in [3.63, 3.8) is 0 Å². The zero-order chi connectivity index (χ0) is 48.6. The van der Waals surface area contributed by atoms with E-state index in [9.17, 15) is 0 Å². The third-order valence-electron chi connectivity index (χ3n) is 14.6. The van der Waals surface area contributed by atoms with Gasteiger partial charge >= 0.3 is 0 Å². The van der Waals surface area contributed by atoms with E-state index in [1.807, 2.05) is 6.20 Å². The Morgan fingerprint density at radius 3 is 1.86 bits per heavy atom. The van der Waals surface area contributed by atoms with Gasteiger partial charge in [-0.15, -0.1) is 29.1 Å². The van der Waals surface area contributed by atoms with Crippen LogP contribution in [0.5, 0.6) is 11.5 Å². The smallest absolute Gasteiger partial charge is 0.187 e. The van der Waals surface area contributed by atoms with Crippen molar-refractivity contribution in [1.82, 2.24) is 18.5 Å². The molecular formula is C63H69N4OPt-. The Hall–Kier alpha value is -5.32. The Labute approximate surface area is 426 Å². The van der Waals surface area contributed by atoms with E-state index in [4.69, 9.17) is 9.72 Å². The summed E-state index contributed by atoms with van der Waals surface area (Å²) < 4.78 is 10.6. The molecule has 0 amide bonds. The van der Waals surface area contributed by atoms with Crippen LogP contribution in [0.15, 0.2) is 128 Å². The normalized spacial score (nSPS) is 18.2. The van der Waals surface area contributed by atoms with Crippen molar-refractivity contribution in [2.75, 3.05) is 6.67 Å². The third kappa shape index (κ3) is 8.21. The molecule has 6 heteroatoms. The number of quaternary nitrogens is 2. The molecule has 5 heterocycles. The maximum Gasteiger partial charge on any atom is 0.187 e. The molecule has 0 radical (unpaired) electrons. The zero-order valence-corrected chi connectivity index (χ0v) is 45.7. The maximum absolute atomic E-state index is 7.14. The average molecular weight is 1090 g/mol. The van der Waals surface area contributed by atoms with Gasteiger partial charge in [0.05, 0.1) is 6.67 Å². The molecule has 0 unspecified atom stereocenters. The predicted octanol–water partition coefficient (Wildman–Crippen LogP) is 17.1. The first kappa shape index (κ1) is 48.7. The summed E-state index contributed by atoms with van der Waals surface area (Å²) in [6.45, 7) is 37.8. The number of aromatic nitrogens is 2. The minimum atomic E-state index is -0.218. The zero-order valence-electron chi connectivity index (χ0n) is 43.4. The first-order chi connectivity index (χ1) is 31.8. The molecule has 1 saturated heterocycles. The van der Waals surface area contributed by atoms with E-state index in [-0.39, 0.29) is 48.1 Å². The monoisotopic (exact) mass is 1090 g/mol. The second-order valence-electron chi connectivity index (χ2n) is 24.8. The molecular weight excluding hydrogens is 1020 g/mol. The number of para-hydroxylation sites is 2. The summed E-state index contributed by atoms with van der Waals surface area (Å²) >= 11 is 0.